The number of aryl methyl sites for hydroxylation is 1. The van der Waals surface area contributed by atoms with Gasteiger partial charge in [-0.25, -0.2) is 4.98 Å². The minimum absolute atomic E-state index is 0.708. The Bertz CT molecular complexity index is 341. The minimum Gasteiger partial charge on any atom is -0.367 e. The Balaban J connectivity index is 1.71. The van der Waals surface area contributed by atoms with E-state index >= 15 is 0 Å². The normalized spacial score (nSPS) is 20.7. The summed E-state index contributed by atoms with van der Waals surface area (Å²) >= 11 is 0. The molecule has 0 unspecified atom stereocenters. The van der Waals surface area contributed by atoms with Crippen molar-refractivity contribution in [1.29, 1.82) is 0 Å². The molecule has 1 aromatic heterocycles. The highest BCUT2D eigenvalue weighted by molar-refractivity contribution is 5.37. The van der Waals surface area contributed by atoms with E-state index in [2.05, 4.69) is 35.4 Å². The third kappa shape index (κ3) is 2.14. The van der Waals surface area contributed by atoms with E-state index in [9.17, 15) is 0 Å². The first-order valence-corrected chi connectivity index (χ1v) is 6.03. The van der Waals surface area contributed by atoms with Crippen LogP contribution in [-0.4, -0.2) is 11.0 Å². The van der Waals surface area contributed by atoms with Crippen LogP contribution in [0.5, 0.6) is 0 Å². The lowest BCUT2D eigenvalue weighted by atomic mass is 10.1. The summed E-state index contributed by atoms with van der Waals surface area (Å²) < 4.78 is 0. The fourth-order valence-electron chi connectivity index (χ4n) is 2.33. The second kappa shape index (κ2) is 3.51. The SMILES string of the molecule is Cc1cccc(NC(C2CC2)C2CC2)n1. The van der Waals surface area contributed by atoms with E-state index in [-0.39, 0.29) is 0 Å². The van der Waals surface area contributed by atoms with E-state index in [0.29, 0.717) is 6.04 Å². The lowest BCUT2D eigenvalue weighted by Crippen LogP contribution is -2.24. The summed E-state index contributed by atoms with van der Waals surface area (Å²) in [4.78, 5) is 4.52. The van der Waals surface area contributed by atoms with Crippen molar-refractivity contribution in [3.05, 3.63) is 23.9 Å². The van der Waals surface area contributed by atoms with Gasteiger partial charge in [-0.3, -0.25) is 0 Å². The van der Waals surface area contributed by atoms with Crippen LogP contribution in [0.15, 0.2) is 18.2 Å². The molecule has 80 valence electrons. The van der Waals surface area contributed by atoms with Gasteiger partial charge in [-0.1, -0.05) is 6.07 Å². The molecule has 0 aliphatic heterocycles. The van der Waals surface area contributed by atoms with Crippen molar-refractivity contribution in [2.45, 2.75) is 38.6 Å². The molecule has 3 rings (SSSR count). The number of rotatable bonds is 4. The predicted molar refractivity (Wildman–Crippen MR) is 61.8 cm³/mol. The molecule has 0 spiro atoms. The molecule has 2 fully saturated rings. The summed E-state index contributed by atoms with van der Waals surface area (Å²) in [5, 5.41) is 3.63. The predicted octanol–water partition coefficient (Wildman–Crippen LogP) is 2.99. The Kier molecular flexibility index (Phi) is 2.15. The van der Waals surface area contributed by atoms with Gasteiger partial charge in [0, 0.05) is 11.7 Å². The van der Waals surface area contributed by atoms with Crippen molar-refractivity contribution < 1.29 is 0 Å². The lowest BCUT2D eigenvalue weighted by molar-refractivity contribution is 0.565. The van der Waals surface area contributed by atoms with Crippen LogP contribution in [0.2, 0.25) is 0 Å². The molecule has 0 atom stereocenters. The van der Waals surface area contributed by atoms with Crippen LogP contribution in [0.4, 0.5) is 5.82 Å². The summed E-state index contributed by atoms with van der Waals surface area (Å²) in [7, 11) is 0. The highest BCUT2D eigenvalue weighted by Gasteiger charge is 2.41. The molecule has 2 aliphatic carbocycles. The number of aromatic nitrogens is 1. The molecule has 0 aromatic carbocycles. The van der Waals surface area contributed by atoms with Crippen LogP contribution in [0.3, 0.4) is 0 Å². The first kappa shape index (κ1) is 9.20. The molecule has 1 N–H and O–H groups in total. The van der Waals surface area contributed by atoms with Crippen molar-refractivity contribution in [3.8, 4) is 0 Å². The third-order valence-electron chi connectivity index (χ3n) is 3.46. The van der Waals surface area contributed by atoms with Crippen LogP contribution >= 0.6 is 0 Å². The fraction of sp³-hybridized carbons (Fsp3) is 0.615. The number of nitrogens with one attached hydrogen (secondary N) is 1. The maximum atomic E-state index is 4.52. The van der Waals surface area contributed by atoms with Gasteiger partial charge in [-0.05, 0) is 56.6 Å². The molecule has 2 saturated carbocycles. The Labute approximate surface area is 91.1 Å². The zero-order valence-electron chi connectivity index (χ0n) is 9.24. The first-order chi connectivity index (χ1) is 7.33. The molecular weight excluding hydrogens is 184 g/mol. The van der Waals surface area contributed by atoms with Crippen molar-refractivity contribution in [3.63, 3.8) is 0 Å². The monoisotopic (exact) mass is 202 g/mol. The van der Waals surface area contributed by atoms with E-state index in [0.717, 1.165) is 23.3 Å². The van der Waals surface area contributed by atoms with Crippen molar-refractivity contribution >= 4 is 5.82 Å². The molecule has 0 amide bonds. The number of anilines is 1. The summed E-state index contributed by atoms with van der Waals surface area (Å²) in [5.41, 5.74) is 1.10. The highest BCUT2D eigenvalue weighted by Crippen LogP contribution is 2.45. The van der Waals surface area contributed by atoms with E-state index in [1.165, 1.54) is 25.7 Å². The molecular formula is C13H18N2. The number of hydrogen-bond acceptors (Lipinski definition) is 2. The van der Waals surface area contributed by atoms with Crippen LogP contribution in [0.1, 0.15) is 31.4 Å². The Morgan fingerprint density at radius 1 is 1.20 bits per heavy atom. The Hall–Kier alpha value is -1.05. The van der Waals surface area contributed by atoms with Crippen LogP contribution in [0, 0.1) is 18.8 Å². The average Bonchev–Trinajstić information content (AvgIpc) is 3.07. The molecule has 0 bridgehead atoms. The molecule has 2 nitrogen and oxygen atoms in total. The summed E-state index contributed by atoms with van der Waals surface area (Å²) in [5.74, 6) is 2.93. The number of nitrogens with zero attached hydrogens (tertiary/aromatic N) is 1. The molecule has 2 heteroatoms. The summed E-state index contributed by atoms with van der Waals surface area (Å²) in [6.07, 6.45) is 5.67. The molecule has 0 radical (unpaired) electrons. The third-order valence-corrected chi connectivity index (χ3v) is 3.46. The van der Waals surface area contributed by atoms with E-state index in [4.69, 9.17) is 0 Å². The van der Waals surface area contributed by atoms with Gasteiger partial charge >= 0.3 is 0 Å². The van der Waals surface area contributed by atoms with E-state index < -0.39 is 0 Å². The number of hydrogen-bond donors (Lipinski definition) is 1. The standard InChI is InChI=1S/C13H18N2/c1-9-3-2-4-12(14-9)15-13(10-5-6-10)11-7-8-11/h2-4,10-11,13H,5-8H2,1H3,(H,14,15). The largest absolute Gasteiger partial charge is 0.367 e. The Morgan fingerprint density at radius 2 is 1.87 bits per heavy atom. The lowest BCUT2D eigenvalue weighted by Gasteiger charge is -2.18. The van der Waals surface area contributed by atoms with Crippen molar-refractivity contribution in [2.24, 2.45) is 11.8 Å². The quantitative estimate of drug-likeness (QED) is 0.812. The Morgan fingerprint density at radius 3 is 2.40 bits per heavy atom. The molecule has 1 aromatic rings. The van der Waals surface area contributed by atoms with Crippen LogP contribution < -0.4 is 5.32 Å². The highest BCUT2D eigenvalue weighted by atomic mass is 15.0. The molecule has 1 heterocycles. The van der Waals surface area contributed by atoms with Gasteiger partial charge in [0.2, 0.25) is 0 Å². The van der Waals surface area contributed by atoms with Gasteiger partial charge in [0.05, 0.1) is 0 Å². The van der Waals surface area contributed by atoms with Gasteiger partial charge in [-0.15, -0.1) is 0 Å². The van der Waals surface area contributed by atoms with E-state index in [1.54, 1.807) is 0 Å². The van der Waals surface area contributed by atoms with Crippen molar-refractivity contribution in [1.82, 2.24) is 4.98 Å². The zero-order chi connectivity index (χ0) is 10.3. The first-order valence-electron chi connectivity index (χ1n) is 6.03. The fourth-order valence-corrected chi connectivity index (χ4v) is 2.33. The van der Waals surface area contributed by atoms with Gasteiger partial charge < -0.3 is 5.32 Å². The molecule has 15 heavy (non-hydrogen) atoms. The van der Waals surface area contributed by atoms with Gasteiger partial charge in [0.15, 0.2) is 0 Å². The number of pyridine rings is 1. The summed E-state index contributed by atoms with van der Waals surface area (Å²) in [6, 6.07) is 6.93. The maximum absolute atomic E-state index is 4.52. The molecule has 2 aliphatic rings. The van der Waals surface area contributed by atoms with Crippen LogP contribution in [-0.2, 0) is 0 Å². The summed E-state index contributed by atoms with van der Waals surface area (Å²) in [6.45, 7) is 2.05. The average molecular weight is 202 g/mol. The van der Waals surface area contributed by atoms with Gasteiger partial charge in [0.1, 0.15) is 5.82 Å². The van der Waals surface area contributed by atoms with Crippen molar-refractivity contribution in [2.75, 3.05) is 5.32 Å². The zero-order valence-corrected chi connectivity index (χ0v) is 9.24. The van der Waals surface area contributed by atoms with E-state index in [1.807, 2.05) is 0 Å². The second-order valence-corrected chi connectivity index (χ2v) is 5.01. The smallest absolute Gasteiger partial charge is 0.126 e. The maximum Gasteiger partial charge on any atom is 0.126 e. The minimum atomic E-state index is 0.708. The van der Waals surface area contributed by atoms with Gasteiger partial charge in [-0.2, -0.15) is 0 Å². The van der Waals surface area contributed by atoms with Gasteiger partial charge in [0.25, 0.3) is 0 Å². The topological polar surface area (TPSA) is 24.9 Å². The second-order valence-electron chi connectivity index (χ2n) is 5.01. The molecule has 0 saturated heterocycles. The van der Waals surface area contributed by atoms with Crippen LogP contribution in [0.25, 0.3) is 0 Å².